The number of benzene rings is 1. The molecular weight excluding hydrogens is 456 g/mol. The topological polar surface area (TPSA) is 116 Å². The van der Waals surface area contributed by atoms with Gasteiger partial charge in [0.05, 0.1) is 12.0 Å². The molecule has 4 atom stereocenters. The van der Waals surface area contributed by atoms with Gasteiger partial charge in [-0.1, -0.05) is 52.3 Å². The highest BCUT2D eigenvalue weighted by atomic mass is 16.3. The van der Waals surface area contributed by atoms with Crippen molar-refractivity contribution in [3.63, 3.8) is 0 Å². The molecule has 1 heterocycles. The molecule has 1 unspecified atom stereocenters. The molecule has 1 aliphatic heterocycles. The van der Waals surface area contributed by atoms with E-state index in [4.69, 9.17) is 5.73 Å². The molecule has 0 aliphatic carbocycles. The van der Waals surface area contributed by atoms with Crippen LogP contribution in [0.5, 0.6) is 0 Å². The number of fused-ring (bicyclic) bond motifs is 1. The average molecular weight is 503 g/mol. The van der Waals surface area contributed by atoms with Crippen molar-refractivity contribution in [2.75, 3.05) is 32.1 Å². The SMILES string of the molecule is CCCCNC(=O)[C@H](C)C[C@H](O)[C@@H](N)CC(C)(C)CC(=O)N1CC(C(=O)N(C)C)Cc2ccccc21. The molecule has 0 saturated heterocycles. The summed E-state index contributed by atoms with van der Waals surface area (Å²) in [5.41, 5.74) is 7.72. The number of anilines is 1. The first-order valence-electron chi connectivity index (χ1n) is 13.2. The van der Waals surface area contributed by atoms with E-state index in [1.165, 1.54) is 0 Å². The van der Waals surface area contributed by atoms with Crippen molar-refractivity contribution in [3.8, 4) is 0 Å². The van der Waals surface area contributed by atoms with E-state index >= 15 is 0 Å². The molecule has 0 saturated carbocycles. The van der Waals surface area contributed by atoms with Crippen LogP contribution in [0, 0.1) is 17.3 Å². The number of nitrogens with zero attached hydrogens (tertiary/aromatic N) is 2. The Bertz CT molecular complexity index is 901. The zero-order valence-corrected chi connectivity index (χ0v) is 22.9. The summed E-state index contributed by atoms with van der Waals surface area (Å²) in [4.78, 5) is 41.8. The van der Waals surface area contributed by atoms with Crippen molar-refractivity contribution in [2.24, 2.45) is 23.0 Å². The van der Waals surface area contributed by atoms with Gasteiger partial charge in [0.1, 0.15) is 0 Å². The van der Waals surface area contributed by atoms with E-state index in [1.54, 1.807) is 30.8 Å². The highest BCUT2D eigenvalue weighted by Gasteiger charge is 2.36. The lowest BCUT2D eigenvalue weighted by atomic mass is 9.79. The Balaban J connectivity index is 2.02. The maximum atomic E-state index is 13.5. The van der Waals surface area contributed by atoms with Gasteiger partial charge in [-0.15, -0.1) is 0 Å². The van der Waals surface area contributed by atoms with Crippen LogP contribution in [0.25, 0.3) is 0 Å². The molecule has 1 aliphatic rings. The second-order valence-electron chi connectivity index (χ2n) is 11.3. The Labute approximate surface area is 216 Å². The van der Waals surface area contributed by atoms with Gasteiger partial charge in [0.15, 0.2) is 0 Å². The fraction of sp³-hybridized carbons (Fsp3) is 0.679. The number of carbonyl (C=O) groups is 3. The largest absolute Gasteiger partial charge is 0.391 e. The summed E-state index contributed by atoms with van der Waals surface area (Å²) in [5, 5.41) is 13.6. The molecule has 36 heavy (non-hydrogen) atoms. The van der Waals surface area contributed by atoms with Gasteiger partial charge in [0, 0.05) is 51.3 Å². The molecule has 1 aromatic carbocycles. The fourth-order valence-corrected chi connectivity index (χ4v) is 4.92. The number of nitrogens with one attached hydrogen (secondary N) is 1. The summed E-state index contributed by atoms with van der Waals surface area (Å²) in [6, 6.07) is 7.18. The van der Waals surface area contributed by atoms with Gasteiger partial charge in [0.25, 0.3) is 0 Å². The number of amides is 3. The Kier molecular flexibility index (Phi) is 10.9. The monoisotopic (exact) mass is 502 g/mol. The van der Waals surface area contributed by atoms with Crippen LogP contribution in [-0.4, -0.2) is 67.1 Å². The number of hydrogen-bond acceptors (Lipinski definition) is 5. The first-order chi connectivity index (χ1) is 16.9. The molecule has 0 spiro atoms. The second-order valence-corrected chi connectivity index (χ2v) is 11.3. The van der Waals surface area contributed by atoms with Crippen molar-refractivity contribution in [3.05, 3.63) is 29.8 Å². The van der Waals surface area contributed by atoms with Crippen LogP contribution in [0.3, 0.4) is 0 Å². The standard InChI is InChI=1S/C28H46N4O4/c1-7-8-13-30-26(35)19(2)14-24(33)22(29)16-28(3,4)17-25(34)32-18-21(27(36)31(5)6)15-20-11-9-10-12-23(20)32/h9-12,19,21-22,24,33H,7-8,13-18,29H2,1-6H3,(H,30,35)/t19-,21?,22+,24+/m1/s1. The van der Waals surface area contributed by atoms with Crippen molar-refractivity contribution < 1.29 is 19.5 Å². The van der Waals surface area contributed by atoms with Crippen LogP contribution < -0.4 is 16.0 Å². The lowest BCUT2D eigenvalue weighted by Gasteiger charge is -2.37. The van der Waals surface area contributed by atoms with Crippen LogP contribution in [0.2, 0.25) is 0 Å². The van der Waals surface area contributed by atoms with Crippen LogP contribution in [0.4, 0.5) is 5.69 Å². The molecular formula is C28H46N4O4. The first-order valence-corrected chi connectivity index (χ1v) is 13.2. The highest BCUT2D eigenvalue weighted by molar-refractivity contribution is 5.96. The van der Waals surface area contributed by atoms with Gasteiger partial charge >= 0.3 is 0 Å². The van der Waals surface area contributed by atoms with E-state index in [2.05, 4.69) is 12.2 Å². The van der Waals surface area contributed by atoms with Crippen molar-refractivity contribution in [1.29, 1.82) is 0 Å². The molecule has 1 aromatic rings. The maximum absolute atomic E-state index is 13.5. The summed E-state index contributed by atoms with van der Waals surface area (Å²) < 4.78 is 0. The predicted octanol–water partition coefficient (Wildman–Crippen LogP) is 2.72. The molecule has 4 N–H and O–H groups in total. The number of unbranched alkanes of at least 4 members (excludes halogenated alkanes) is 1. The van der Waals surface area contributed by atoms with E-state index in [-0.39, 0.29) is 42.4 Å². The quantitative estimate of drug-likeness (QED) is 0.380. The summed E-state index contributed by atoms with van der Waals surface area (Å²) in [5.74, 6) is -0.747. The van der Waals surface area contributed by atoms with Gasteiger partial charge < -0.3 is 26.0 Å². The second kappa shape index (κ2) is 13.2. The van der Waals surface area contributed by atoms with Crippen LogP contribution in [0.15, 0.2) is 24.3 Å². The van der Waals surface area contributed by atoms with E-state index in [0.717, 1.165) is 24.1 Å². The molecule has 202 valence electrons. The molecule has 2 rings (SSSR count). The minimum atomic E-state index is -0.843. The predicted molar refractivity (Wildman–Crippen MR) is 143 cm³/mol. The van der Waals surface area contributed by atoms with Gasteiger partial charge in [-0.3, -0.25) is 14.4 Å². The number of aliphatic hydroxyl groups excluding tert-OH is 1. The normalized spacial score (nSPS) is 18.1. The van der Waals surface area contributed by atoms with Crippen LogP contribution >= 0.6 is 0 Å². The van der Waals surface area contributed by atoms with Gasteiger partial charge in [-0.25, -0.2) is 0 Å². The van der Waals surface area contributed by atoms with E-state index in [9.17, 15) is 19.5 Å². The molecule has 0 radical (unpaired) electrons. The van der Waals surface area contributed by atoms with Crippen molar-refractivity contribution in [2.45, 2.75) is 78.4 Å². The first kappa shape index (κ1) is 29.8. The summed E-state index contributed by atoms with van der Waals surface area (Å²) >= 11 is 0. The number of rotatable bonds is 12. The Morgan fingerprint density at radius 3 is 2.56 bits per heavy atom. The van der Waals surface area contributed by atoms with E-state index in [1.807, 2.05) is 38.1 Å². The van der Waals surface area contributed by atoms with Crippen LogP contribution in [-0.2, 0) is 20.8 Å². The van der Waals surface area contributed by atoms with Crippen molar-refractivity contribution >= 4 is 23.4 Å². The highest BCUT2D eigenvalue weighted by Crippen LogP contribution is 2.34. The third kappa shape index (κ3) is 8.30. The smallest absolute Gasteiger partial charge is 0.227 e. The Morgan fingerprint density at radius 2 is 1.92 bits per heavy atom. The number of para-hydroxylation sites is 1. The molecule has 8 nitrogen and oxygen atoms in total. The van der Waals surface area contributed by atoms with Gasteiger partial charge in [0.2, 0.25) is 17.7 Å². The number of hydrogen-bond donors (Lipinski definition) is 3. The lowest BCUT2D eigenvalue weighted by molar-refractivity contribution is -0.133. The Hall–Kier alpha value is -2.45. The zero-order valence-electron chi connectivity index (χ0n) is 22.9. The molecule has 8 heteroatoms. The maximum Gasteiger partial charge on any atom is 0.227 e. The molecule has 0 fully saturated rings. The number of carbonyl (C=O) groups excluding carboxylic acids is 3. The molecule has 3 amide bonds. The number of nitrogens with two attached hydrogens (primary N) is 1. The fourth-order valence-electron chi connectivity index (χ4n) is 4.92. The third-order valence-corrected chi connectivity index (χ3v) is 7.03. The van der Waals surface area contributed by atoms with E-state index in [0.29, 0.717) is 25.9 Å². The number of aliphatic hydroxyl groups is 1. The zero-order chi connectivity index (χ0) is 27.0. The Morgan fingerprint density at radius 1 is 1.25 bits per heavy atom. The van der Waals surface area contributed by atoms with Crippen molar-refractivity contribution in [1.82, 2.24) is 10.2 Å². The third-order valence-electron chi connectivity index (χ3n) is 7.03. The minimum Gasteiger partial charge on any atom is -0.391 e. The molecule has 0 bridgehead atoms. The average Bonchev–Trinajstić information content (AvgIpc) is 2.81. The molecule has 0 aromatic heterocycles. The van der Waals surface area contributed by atoms with Gasteiger partial charge in [-0.2, -0.15) is 0 Å². The lowest BCUT2D eigenvalue weighted by Crippen LogP contribution is -2.47. The minimum absolute atomic E-state index is 0.0135. The van der Waals surface area contributed by atoms with Gasteiger partial charge in [-0.05, 0) is 42.7 Å². The summed E-state index contributed by atoms with van der Waals surface area (Å²) in [6.45, 7) is 8.79. The van der Waals surface area contributed by atoms with Crippen LogP contribution in [0.1, 0.15) is 65.4 Å². The van der Waals surface area contributed by atoms with E-state index < -0.39 is 17.6 Å². The summed E-state index contributed by atoms with van der Waals surface area (Å²) in [6.07, 6.45) is 2.64. The summed E-state index contributed by atoms with van der Waals surface area (Å²) in [7, 11) is 3.47.